The molecule has 8 nitrogen and oxygen atoms in total. The molecule has 0 saturated heterocycles. The van der Waals surface area contributed by atoms with Crippen molar-refractivity contribution in [3.8, 4) is 5.75 Å². The lowest BCUT2D eigenvalue weighted by Crippen LogP contribution is -2.48. The summed E-state index contributed by atoms with van der Waals surface area (Å²) >= 11 is 0. The van der Waals surface area contributed by atoms with Crippen molar-refractivity contribution in [2.45, 2.75) is 56.2 Å². The summed E-state index contributed by atoms with van der Waals surface area (Å²) in [5.41, 5.74) is 2.54. The van der Waals surface area contributed by atoms with Crippen molar-refractivity contribution in [2.24, 2.45) is 0 Å². The van der Waals surface area contributed by atoms with E-state index in [0.717, 1.165) is 41.5 Å². The number of H-pyrrole nitrogens is 1. The number of ether oxygens (including phenoxy) is 1. The van der Waals surface area contributed by atoms with Crippen molar-refractivity contribution in [3.63, 3.8) is 0 Å². The zero-order valence-corrected chi connectivity index (χ0v) is 20.8. The highest BCUT2D eigenvalue weighted by atomic mass is 32.2. The number of pyridine rings is 1. The van der Waals surface area contributed by atoms with Crippen LogP contribution in [0.3, 0.4) is 0 Å². The van der Waals surface area contributed by atoms with E-state index in [-0.39, 0.29) is 17.0 Å². The Labute approximate surface area is 205 Å². The fraction of sp³-hybridized carbons (Fsp3) is 0.423. The summed E-state index contributed by atoms with van der Waals surface area (Å²) in [6.45, 7) is 3.00. The fourth-order valence-electron chi connectivity index (χ4n) is 5.16. The lowest BCUT2D eigenvalue weighted by molar-refractivity contribution is 0.0532. The molecule has 1 aliphatic carbocycles. The lowest BCUT2D eigenvalue weighted by Gasteiger charge is -2.37. The average molecular weight is 498 g/mol. The molecular weight excluding hydrogens is 466 g/mol. The van der Waals surface area contributed by atoms with Crippen molar-refractivity contribution in [2.75, 3.05) is 25.1 Å². The average Bonchev–Trinajstić information content (AvgIpc) is 2.84. The van der Waals surface area contributed by atoms with Gasteiger partial charge in [0.15, 0.2) is 0 Å². The van der Waals surface area contributed by atoms with E-state index in [1.165, 1.54) is 4.31 Å². The minimum absolute atomic E-state index is 0.0948. The van der Waals surface area contributed by atoms with Crippen molar-refractivity contribution in [1.82, 2.24) is 9.29 Å². The molecule has 1 aliphatic heterocycles. The molecule has 0 spiro atoms. The molecule has 2 aromatic carbocycles. The van der Waals surface area contributed by atoms with Gasteiger partial charge < -0.3 is 19.7 Å². The quantitative estimate of drug-likeness (QED) is 0.561. The Balaban J connectivity index is 1.58. The predicted molar refractivity (Wildman–Crippen MR) is 136 cm³/mol. The fourth-order valence-corrected chi connectivity index (χ4v) is 6.83. The van der Waals surface area contributed by atoms with Crippen molar-refractivity contribution >= 4 is 26.6 Å². The molecule has 2 aliphatic rings. The Bertz CT molecular complexity index is 1420. The van der Waals surface area contributed by atoms with Gasteiger partial charge >= 0.3 is 0 Å². The number of anilines is 1. The number of aliphatic hydroxyl groups is 1. The van der Waals surface area contributed by atoms with Gasteiger partial charge in [0.2, 0.25) is 10.0 Å². The van der Waals surface area contributed by atoms with Crippen LogP contribution in [0.4, 0.5) is 5.69 Å². The Kier molecular flexibility index (Phi) is 6.33. The highest BCUT2D eigenvalue weighted by Crippen LogP contribution is 2.36. The number of likely N-dealkylation sites (N-methyl/N-ethyl adjacent to an activating group) is 1. The number of aliphatic hydroxyl groups excluding tert-OH is 1. The van der Waals surface area contributed by atoms with Gasteiger partial charge in [0.25, 0.3) is 5.56 Å². The number of aromatic nitrogens is 1. The van der Waals surface area contributed by atoms with E-state index in [1.54, 1.807) is 24.3 Å². The molecule has 2 heterocycles. The number of nitrogens with zero attached hydrogens (tertiary/aromatic N) is 2. The third-order valence-electron chi connectivity index (χ3n) is 7.19. The van der Waals surface area contributed by atoms with Crippen LogP contribution in [-0.4, -0.2) is 55.2 Å². The summed E-state index contributed by atoms with van der Waals surface area (Å²) in [5, 5.41) is 11.6. The van der Waals surface area contributed by atoms with E-state index in [0.29, 0.717) is 30.8 Å². The van der Waals surface area contributed by atoms with E-state index in [1.807, 2.05) is 37.1 Å². The summed E-state index contributed by atoms with van der Waals surface area (Å²) < 4.78 is 35.1. The summed E-state index contributed by atoms with van der Waals surface area (Å²) in [6, 6.07) is 11.7. The predicted octanol–water partition coefficient (Wildman–Crippen LogP) is 3.16. The maximum absolute atomic E-state index is 14.0. The minimum atomic E-state index is -4.04. The molecule has 5 rings (SSSR count). The molecule has 186 valence electrons. The van der Waals surface area contributed by atoms with Gasteiger partial charge in [-0.25, -0.2) is 8.42 Å². The normalized spacial score (nSPS) is 20.6. The molecule has 1 fully saturated rings. The van der Waals surface area contributed by atoms with Crippen molar-refractivity contribution < 1.29 is 18.3 Å². The maximum Gasteiger partial charge on any atom is 0.252 e. The Morgan fingerprint density at radius 1 is 1.17 bits per heavy atom. The summed E-state index contributed by atoms with van der Waals surface area (Å²) in [6.07, 6.45) is 1.94. The van der Waals surface area contributed by atoms with Crippen LogP contribution in [0.25, 0.3) is 10.9 Å². The summed E-state index contributed by atoms with van der Waals surface area (Å²) in [4.78, 5) is 18.0. The number of benzene rings is 2. The van der Waals surface area contributed by atoms with E-state index in [2.05, 4.69) is 4.98 Å². The maximum atomic E-state index is 14.0. The van der Waals surface area contributed by atoms with Crippen LogP contribution in [0.5, 0.6) is 5.75 Å². The number of hydrogen-bond donors (Lipinski definition) is 2. The van der Waals surface area contributed by atoms with E-state index >= 15 is 0 Å². The van der Waals surface area contributed by atoms with Crippen LogP contribution >= 0.6 is 0 Å². The molecule has 9 heteroatoms. The monoisotopic (exact) mass is 497 g/mol. The first-order chi connectivity index (χ1) is 16.8. The molecule has 2 atom stereocenters. The zero-order chi connectivity index (χ0) is 24.7. The Morgan fingerprint density at radius 3 is 2.77 bits per heavy atom. The van der Waals surface area contributed by atoms with Gasteiger partial charge in [-0.15, -0.1) is 0 Å². The number of aromatic amines is 1. The molecule has 2 N–H and O–H groups in total. The minimum Gasteiger partial charge on any atom is -0.490 e. The first kappa shape index (κ1) is 23.8. The number of nitrogens with one attached hydrogen (secondary N) is 1. The molecule has 3 aromatic rings. The molecule has 0 radical (unpaired) electrons. The van der Waals surface area contributed by atoms with Crippen LogP contribution in [0.15, 0.2) is 52.2 Å². The first-order valence-corrected chi connectivity index (χ1v) is 13.5. The molecule has 0 bridgehead atoms. The number of hydrogen-bond acceptors (Lipinski definition) is 6. The van der Waals surface area contributed by atoms with Crippen LogP contribution in [-0.2, 0) is 16.6 Å². The molecule has 35 heavy (non-hydrogen) atoms. The third kappa shape index (κ3) is 4.44. The lowest BCUT2D eigenvalue weighted by atomic mass is 9.92. The van der Waals surface area contributed by atoms with Gasteiger partial charge in [0.1, 0.15) is 12.4 Å². The van der Waals surface area contributed by atoms with Crippen LogP contribution < -0.4 is 15.2 Å². The van der Waals surface area contributed by atoms with Crippen LogP contribution in [0.1, 0.15) is 36.8 Å². The van der Waals surface area contributed by atoms with Gasteiger partial charge in [-0.05, 0) is 48.9 Å². The molecule has 0 amide bonds. The number of sulfonamides is 1. The third-order valence-corrected chi connectivity index (χ3v) is 9.06. The Hall–Kier alpha value is -2.88. The SMILES string of the molecule is Cc1cccc2cc(CN([C@H]3CCCC[C@@H]3O)S(=O)(=O)c3ccc4c(c3)OCCN4C)c(=O)[nH]c12. The highest BCUT2D eigenvalue weighted by Gasteiger charge is 2.38. The van der Waals surface area contributed by atoms with E-state index in [4.69, 9.17) is 4.74 Å². The molecule has 0 unspecified atom stereocenters. The molecule has 1 saturated carbocycles. The number of fused-ring (bicyclic) bond motifs is 2. The van der Waals surface area contributed by atoms with Crippen molar-refractivity contribution in [3.05, 3.63) is 63.9 Å². The topological polar surface area (TPSA) is 103 Å². The zero-order valence-electron chi connectivity index (χ0n) is 20.0. The first-order valence-electron chi connectivity index (χ1n) is 12.0. The van der Waals surface area contributed by atoms with Gasteiger partial charge in [-0.1, -0.05) is 31.0 Å². The standard InChI is InChI=1S/C26H31N3O5S/c1-17-6-5-7-18-14-19(26(31)27-25(17)18)16-29(21-8-3-4-9-23(21)30)35(32,33)20-10-11-22-24(15-20)34-13-12-28(22)2/h5-7,10-11,14-15,21,23,30H,3-4,8-9,12-13,16H2,1-2H3,(H,27,31)/t21-,23-/m0/s1. The number of aryl methyl sites for hydroxylation is 1. The van der Waals surface area contributed by atoms with Gasteiger partial charge in [0.05, 0.1) is 34.8 Å². The summed E-state index contributed by atoms with van der Waals surface area (Å²) in [7, 11) is -2.10. The van der Waals surface area contributed by atoms with Gasteiger partial charge in [-0.3, -0.25) is 4.79 Å². The van der Waals surface area contributed by atoms with Crippen molar-refractivity contribution in [1.29, 1.82) is 0 Å². The Morgan fingerprint density at radius 2 is 1.97 bits per heavy atom. The second-order valence-corrected chi connectivity index (χ2v) is 11.4. The van der Waals surface area contributed by atoms with E-state index < -0.39 is 22.2 Å². The van der Waals surface area contributed by atoms with E-state index in [9.17, 15) is 18.3 Å². The smallest absolute Gasteiger partial charge is 0.252 e. The van der Waals surface area contributed by atoms with Crippen LogP contribution in [0.2, 0.25) is 0 Å². The molecule has 1 aromatic heterocycles. The highest BCUT2D eigenvalue weighted by molar-refractivity contribution is 7.89. The van der Waals surface area contributed by atoms with Gasteiger partial charge in [0, 0.05) is 25.2 Å². The van der Waals surface area contributed by atoms with Gasteiger partial charge in [-0.2, -0.15) is 4.31 Å². The number of rotatable bonds is 5. The second kappa shape index (κ2) is 9.29. The number of para-hydroxylation sites is 1. The summed E-state index contributed by atoms with van der Waals surface area (Å²) in [5.74, 6) is 0.517. The van der Waals surface area contributed by atoms with Crippen LogP contribution in [0, 0.1) is 6.92 Å². The second-order valence-electron chi connectivity index (χ2n) is 9.53. The largest absolute Gasteiger partial charge is 0.490 e. The molecular formula is C26H31N3O5S.